The first-order valence-electron chi connectivity index (χ1n) is 9.95. The standard InChI is InChI=1S/C20H26N6O2/c27-18(12-26-9-2-1-6-17(26)19-22-13-23-25-19)21-11-14-4-3-5-15(10-14)20(28)24-16-7-8-16/h3-5,10,13,16-17H,1-2,6-9,11-12H2,(H,21,27)(H,24,28)(H,22,23,25). The van der Waals surface area contributed by atoms with E-state index in [2.05, 4.69) is 30.7 Å². The van der Waals surface area contributed by atoms with Gasteiger partial charge < -0.3 is 10.6 Å². The Kier molecular flexibility index (Phi) is 5.66. The van der Waals surface area contributed by atoms with Gasteiger partial charge in [-0.1, -0.05) is 18.6 Å². The van der Waals surface area contributed by atoms with Crippen molar-refractivity contribution < 1.29 is 9.59 Å². The molecule has 28 heavy (non-hydrogen) atoms. The Balaban J connectivity index is 1.30. The quantitative estimate of drug-likeness (QED) is 0.674. The zero-order chi connectivity index (χ0) is 19.3. The third-order valence-electron chi connectivity index (χ3n) is 5.30. The van der Waals surface area contributed by atoms with Gasteiger partial charge >= 0.3 is 0 Å². The van der Waals surface area contributed by atoms with Crippen molar-refractivity contribution in [3.05, 3.63) is 47.5 Å². The number of rotatable bonds is 7. The van der Waals surface area contributed by atoms with Crippen molar-refractivity contribution in [3.8, 4) is 0 Å². The molecule has 4 rings (SSSR count). The highest BCUT2D eigenvalue weighted by atomic mass is 16.2. The van der Waals surface area contributed by atoms with Crippen LogP contribution in [0.15, 0.2) is 30.6 Å². The van der Waals surface area contributed by atoms with Crippen molar-refractivity contribution in [2.24, 2.45) is 0 Å². The van der Waals surface area contributed by atoms with Gasteiger partial charge in [0.15, 0.2) is 0 Å². The molecule has 2 heterocycles. The summed E-state index contributed by atoms with van der Waals surface area (Å²) in [6.07, 6.45) is 6.81. The Hall–Kier alpha value is -2.74. The first-order chi connectivity index (χ1) is 13.7. The molecule has 2 aromatic rings. The maximum absolute atomic E-state index is 12.5. The normalized spacial score (nSPS) is 19.9. The molecule has 1 aliphatic heterocycles. The summed E-state index contributed by atoms with van der Waals surface area (Å²) in [6.45, 7) is 1.60. The zero-order valence-electron chi connectivity index (χ0n) is 15.9. The Morgan fingerprint density at radius 2 is 2.11 bits per heavy atom. The maximum Gasteiger partial charge on any atom is 0.251 e. The molecule has 0 spiro atoms. The first-order valence-corrected chi connectivity index (χ1v) is 9.95. The van der Waals surface area contributed by atoms with E-state index in [0.29, 0.717) is 24.7 Å². The lowest BCUT2D eigenvalue weighted by Crippen LogP contribution is -2.41. The van der Waals surface area contributed by atoms with Crippen LogP contribution in [0.2, 0.25) is 0 Å². The minimum Gasteiger partial charge on any atom is -0.351 e. The monoisotopic (exact) mass is 382 g/mol. The highest BCUT2D eigenvalue weighted by Gasteiger charge is 2.27. The van der Waals surface area contributed by atoms with Crippen LogP contribution in [0.4, 0.5) is 0 Å². The number of aromatic nitrogens is 3. The molecule has 0 radical (unpaired) electrons. The molecule has 1 unspecified atom stereocenters. The van der Waals surface area contributed by atoms with Gasteiger partial charge in [0.2, 0.25) is 5.91 Å². The third kappa shape index (κ3) is 4.75. The molecule has 1 aliphatic carbocycles. The predicted molar refractivity (Wildman–Crippen MR) is 103 cm³/mol. The molecule has 1 saturated carbocycles. The van der Waals surface area contributed by atoms with Crippen LogP contribution in [-0.4, -0.2) is 51.0 Å². The fourth-order valence-electron chi connectivity index (χ4n) is 3.63. The largest absolute Gasteiger partial charge is 0.351 e. The molecule has 0 bridgehead atoms. The van der Waals surface area contributed by atoms with Crippen molar-refractivity contribution in [2.45, 2.75) is 50.7 Å². The van der Waals surface area contributed by atoms with Crippen LogP contribution in [0, 0.1) is 0 Å². The van der Waals surface area contributed by atoms with E-state index >= 15 is 0 Å². The summed E-state index contributed by atoms with van der Waals surface area (Å²) in [5.74, 6) is 0.750. The molecule has 1 saturated heterocycles. The zero-order valence-corrected chi connectivity index (χ0v) is 15.9. The number of carbonyl (C=O) groups excluding carboxylic acids is 2. The first kappa shape index (κ1) is 18.6. The summed E-state index contributed by atoms with van der Waals surface area (Å²) in [4.78, 5) is 31.1. The number of amides is 2. The van der Waals surface area contributed by atoms with E-state index in [1.165, 1.54) is 6.33 Å². The van der Waals surface area contributed by atoms with E-state index < -0.39 is 0 Å². The molecular weight excluding hydrogens is 356 g/mol. The number of benzene rings is 1. The highest BCUT2D eigenvalue weighted by Crippen LogP contribution is 2.27. The number of aromatic amines is 1. The molecule has 1 aromatic carbocycles. The van der Waals surface area contributed by atoms with Crippen LogP contribution < -0.4 is 10.6 Å². The highest BCUT2D eigenvalue weighted by molar-refractivity contribution is 5.94. The van der Waals surface area contributed by atoms with Gasteiger partial charge in [0, 0.05) is 18.2 Å². The van der Waals surface area contributed by atoms with Crippen molar-refractivity contribution in [2.75, 3.05) is 13.1 Å². The summed E-state index contributed by atoms with van der Waals surface area (Å²) >= 11 is 0. The topological polar surface area (TPSA) is 103 Å². The van der Waals surface area contributed by atoms with Crippen LogP contribution in [0.5, 0.6) is 0 Å². The molecular formula is C20H26N6O2. The fourth-order valence-corrected chi connectivity index (χ4v) is 3.63. The second kappa shape index (κ2) is 8.52. The van der Waals surface area contributed by atoms with Gasteiger partial charge in [-0.05, 0) is 49.9 Å². The van der Waals surface area contributed by atoms with Gasteiger partial charge in [-0.2, -0.15) is 5.10 Å². The van der Waals surface area contributed by atoms with Gasteiger partial charge in [0.1, 0.15) is 12.2 Å². The molecule has 2 amide bonds. The lowest BCUT2D eigenvalue weighted by molar-refractivity contribution is -0.123. The number of hydrogen-bond acceptors (Lipinski definition) is 5. The summed E-state index contributed by atoms with van der Waals surface area (Å²) in [7, 11) is 0. The Morgan fingerprint density at radius 1 is 1.21 bits per heavy atom. The van der Waals surface area contributed by atoms with E-state index in [0.717, 1.165) is 50.0 Å². The van der Waals surface area contributed by atoms with Gasteiger partial charge in [-0.15, -0.1) is 0 Å². The minimum atomic E-state index is -0.0427. The van der Waals surface area contributed by atoms with Gasteiger partial charge in [-0.25, -0.2) is 4.98 Å². The summed E-state index contributed by atoms with van der Waals surface area (Å²) in [6, 6.07) is 7.86. The molecule has 8 nitrogen and oxygen atoms in total. The smallest absolute Gasteiger partial charge is 0.251 e. The van der Waals surface area contributed by atoms with Crippen molar-refractivity contribution >= 4 is 11.8 Å². The Morgan fingerprint density at radius 3 is 2.89 bits per heavy atom. The molecule has 2 aliphatic rings. The third-order valence-corrected chi connectivity index (χ3v) is 5.30. The van der Waals surface area contributed by atoms with E-state index in [1.807, 2.05) is 18.2 Å². The maximum atomic E-state index is 12.5. The lowest BCUT2D eigenvalue weighted by atomic mass is 10.0. The average Bonchev–Trinajstić information content (AvgIpc) is 3.36. The summed E-state index contributed by atoms with van der Waals surface area (Å²) < 4.78 is 0. The van der Waals surface area contributed by atoms with Crippen molar-refractivity contribution in [1.82, 2.24) is 30.7 Å². The minimum absolute atomic E-state index is 0.0285. The number of hydrogen-bond donors (Lipinski definition) is 3. The Bertz CT molecular complexity index is 818. The van der Waals surface area contributed by atoms with Crippen molar-refractivity contribution in [1.29, 1.82) is 0 Å². The predicted octanol–water partition coefficient (Wildman–Crippen LogP) is 1.54. The van der Waals surface area contributed by atoms with Gasteiger partial charge in [-0.3, -0.25) is 19.6 Å². The van der Waals surface area contributed by atoms with E-state index in [1.54, 1.807) is 6.07 Å². The van der Waals surface area contributed by atoms with Crippen LogP contribution in [0.25, 0.3) is 0 Å². The number of nitrogens with zero attached hydrogens (tertiary/aromatic N) is 3. The second-order valence-electron chi connectivity index (χ2n) is 7.58. The van der Waals surface area contributed by atoms with Crippen LogP contribution in [-0.2, 0) is 11.3 Å². The number of piperidine rings is 1. The molecule has 1 aromatic heterocycles. The van der Waals surface area contributed by atoms with Gasteiger partial charge in [0.25, 0.3) is 5.91 Å². The van der Waals surface area contributed by atoms with Crippen LogP contribution in [0.3, 0.4) is 0 Å². The number of carbonyl (C=O) groups is 2. The molecule has 1 atom stereocenters. The number of H-pyrrole nitrogens is 1. The fraction of sp³-hybridized carbons (Fsp3) is 0.500. The lowest BCUT2D eigenvalue weighted by Gasteiger charge is -2.33. The SMILES string of the molecule is O=C(CN1CCCCC1c1ncn[nH]1)NCc1cccc(C(=O)NC2CC2)c1. The van der Waals surface area contributed by atoms with Crippen LogP contribution >= 0.6 is 0 Å². The van der Waals surface area contributed by atoms with E-state index in [-0.39, 0.29) is 17.9 Å². The van der Waals surface area contributed by atoms with Gasteiger partial charge in [0.05, 0.1) is 12.6 Å². The van der Waals surface area contributed by atoms with E-state index in [4.69, 9.17) is 0 Å². The van der Waals surface area contributed by atoms with E-state index in [9.17, 15) is 9.59 Å². The second-order valence-corrected chi connectivity index (χ2v) is 7.58. The molecule has 8 heteroatoms. The number of likely N-dealkylation sites (tertiary alicyclic amines) is 1. The average molecular weight is 382 g/mol. The van der Waals surface area contributed by atoms with Crippen molar-refractivity contribution in [3.63, 3.8) is 0 Å². The molecule has 2 fully saturated rings. The molecule has 3 N–H and O–H groups in total. The number of nitrogens with one attached hydrogen (secondary N) is 3. The van der Waals surface area contributed by atoms with Crippen LogP contribution in [0.1, 0.15) is 59.9 Å². The summed E-state index contributed by atoms with van der Waals surface area (Å²) in [5.41, 5.74) is 1.56. The Labute approximate surface area is 164 Å². The summed E-state index contributed by atoms with van der Waals surface area (Å²) in [5, 5.41) is 12.8. The molecule has 148 valence electrons.